The third-order valence-electron chi connectivity index (χ3n) is 8.95. The van der Waals surface area contributed by atoms with Crippen molar-refractivity contribution in [1.82, 2.24) is 15.3 Å². The van der Waals surface area contributed by atoms with Crippen molar-refractivity contribution in [2.45, 2.75) is 63.7 Å². The van der Waals surface area contributed by atoms with Crippen molar-refractivity contribution in [2.75, 3.05) is 20.8 Å². The van der Waals surface area contributed by atoms with Crippen molar-refractivity contribution in [1.29, 1.82) is 0 Å². The number of ether oxygens (including phenoxy) is 4. The number of carbonyl (C=O) groups is 2. The molecule has 3 N–H and O–H groups in total. The maximum atomic E-state index is 11.0. The summed E-state index contributed by atoms with van der Waals surface area (Å²) in [6, 6.07) is 18.0. The van der Waals surface area contributed by atoms with Gasteiger partial charge in [0.25, 0.3) is 0 Å². The van der Waals surface area contributed by atoms with E-state index in [2.05, 4.69) is 51.7 Å². The van der Waals surface area contributed by atoms with Crippen LogP contribution in [0, 0.1) is 0 Å². The van der Waals surface area contributed by atoms with Crippen molar-refractivity contribution < 1.29 is 38.7 Å². The summed E-state index contributed by atoms with van der Waals surface area (Å²) in [7, 11) is 3.06. The average Bonchev–Trinajstić information content (AvgIpc) is 3.70. The molecule has 0 spiro atoms. The largest absolute Gasteiger partial charge is 0.481 e. The second kappa shape index (κ2) is 15.1. The Morgan fingerprint density at radius 3 is 2.06 bits per heavy atom. The molecule has 0 unspecified atom stereocenters. The topological polar surface area (TPSA) is 149 Å². The SMILES string of the molecule is COc1nc(O[C@H]2CCc3c(-c4cccc5c4CC[C@@H]5Oc4nc(OC)c(CCCC(=O)O)cc4Cl)cccc32)ccc1CNCC(=O)O. The molecule has 256 valence electrons. The standard InChI is InChI=1S/C37H38ClN3O8/c1-46-35-21(6-3-11-33(42)43)18-29(38)37(41-35)49-31-16-14-26-24(8-5-10-28(26)31)23-7-4-9-27-25(23)13-15-30(27)48-32-17-12-22(36(40-32)47-2)19-39-20-34(44)45/h4-5,7-10,12,17-18,30-31,39H,3,6,11,13-16,19-20H2,1-2H3,(H,42,43)(H,44,45)/t30-,31-/m0/s1. The molecule has 0 amide bonds. The number of hydrogen-bond donors (Lipinski definition) is 3. The number of nitrogens with zero attached hydrogens (tertiary/aromatic N) is 2. The lowest BCUT2D eigenvalue weighted by Crippen LogP contribution is -2.22. The highest BCUT2D eigenvalue weighted by Gasteiger charge is 2.31. The number of hydrogen-bond acceptors (Lipinski definition) is 9. The molecule has 2 aromatic carbocycles. The molecule has 12 heteroatoms. The highest BCUT2D eigenvalue weighted by Crippen LogP contribution is 2.45. The normalized spacial score (nSPS) is 16.1. The molecule has 2 atom stereocenters. The first-order valence-electron chi connectivity index (χ1n) is 16.2. The Morgan fingerprint density at radius 1 is 0.816 bits per heavy atom. The summed E-state index contributed by atoms with van der Waals surface area (Å²) in [6.07, 6.45) is 3.83. The minimum atomic E-state index is -0.933. The average molecular weight is 688 g/mol. The van der Waals surface area contributed by atoms with Gasteiger partial charge >= 0.3 is 11.9 Å². The highest BCUT2D eigenvalue weighted by molar-refractivity contribution is 6.31. The molecule has 0 saturated carbocycles. The van der Waals surface area contributed by atoms with Gasteiger partial charge in [-0.05, 0) is 84.0 Å². The summed E-state index contributed by atoms with van der Waals surface area (Å²) in [5, 5.41) is 21.1. The molecule has 0 fully saturated rings. The van der Waals surface area contributed by atoms with Gasteiger partial charge in [0.1, 0.15) is 17.2 Å². The smallest absolute Gasteiger partial charge is 0.317 e. The van der Waals surface area contributed by atoms with Gasteiger partial charge in [-0.25, -0.2) is 0 Å². The molecule has 2 aliphatic rings. The Bertz CT molecular complexity index is 1870. The van der Waals surface area contributed by atoms with Crippen LogP contribution in [-0.2, 0) is 35.4 Å². The first-order chi connectivity index (χ1) is 23.7. The fraction of sp³-hybridized carbons (Fsp3) is 0.351. The van der Waals surface area contributed by atoms with Crippen LogP contribution in [0.25, 0.3) is 11.1 Å². The minimum Gasteiger partial charge on any atom is -0.481 e. The zero-order chi connectivity index (χ0) is 34.5. The third-order valence-corrected chi connectivity index (χ3v) is 9.22. The lowest BCUT2D eigenvalue weighted by Gasteiger charge is -2.19. The molecule has 11 nitrogen and oxygen atoms in total. The van der Waals surface area contributed by atoms with Crippen LogP contribution < -0.4 is 24.3 Å². The van der Waals surface area contributed by atoms with Gasteiger partial charge in [-0.15, -0.1) is 0 Å². The van der Waals surface area contributed by atoms with E-state index in [0.717, 1.165) is 47.9 Å². The monoisotopic (exact) mass is 687 g/mol. The number of benzene rings is 2. The number of aromatic nitrogens is 2. The number of nitrogens with one attached hydrogen (secondary N) is 1. The van der Waals surface area contributed by atoms with Crippen LogP contribution in [0.3, 0.4) is 0 Å². The number of rotatable bonds is 15. The molecule has 2 aromatic heterocycles. The van der Waals surface area contributed by atoms with Gasteiger partial charge in [-0.2, -0.15) is 9.97 Å². The van der Waals surface area contributed by atoms with Gasteiger partial charge in [0.2, 0.25) is 23.5 Å². The number of carboxylic acid groups (broad SMARTS) is 2. The fourth-order valence-corrected chi connectivity index (χ4v) is 6.98. The molecule has 0 radical (unpaired) electrons. The van der Waals surface area contributed by atoms with Gasteiger partial charge in [0.05, 0.1) is 20.8 Å². The maximum Gasteiger partial charge on any atom is 0.317 e. The number of aliphatic carboxylic acids is 2. The fourth-order valence-electron chi connectivity index (χ4n) is 6.76. The number of aryl methyl sites for hydroxylation is 1. The summed E-state index contributed by atoms with van der Waals surface area (Å²) in [4.78, 5) is 30.9. The molecule has 6 rings (SSSR count). The van der Waals surface area contributed by atoms with E-state index in [1.807, 2.05) is 6.07 Å². The van der Waals surface area contributed by atoms with Crippen LogP contribution in [0.2, 0.25) is 5.02 Å². The van der Waals surface area contributed by atoms with E-state index in [1.54, 1.807) is 12.1 Å². The van der Waals surface area contributed by atoms with E-state index >= 15 is 0 Å². The molecule has 0 saturated heterocycles. The third kappa shape index (κ3) is 7.58. The van der Waals surface area contributed by atoms with E-state index < -0.39 is 11.9 Å². The van der Waals surface area contributed by atoms with E-state index in [4.69, 9.17) is 40.8 Å². The molecule has 2 heterocycles. The zero-order valence-corrected chi connectivity index (χ0v) is 28.1. The summed E-state index contributed by atoms with van der Waals surface area (Å²) in [6.45, 7) is 0.153. The van der Waals surface area contributed by atoms with E-state index in [1.165, 1.54) is 36.5 Å². The predicted molar refractivity (Wildman–Crippen MR) is 182 cm³/mol. The molecule has 0 bridgehead atoms. The van der Waals surface area contributed by atoms with Crippen molar-refractivity contribution in [3.63, 3.8) is 0 Å². The predicted octanol–water partition coefficient (Wildman–Crippen LogP) is 6.53. The van der Waals surface area contributed by atoms with Crippen molar-refractivity contribution in [3.05, 3.63) is 93.0 Å². The Morgan fingerprint density at radius 2 is 1.45 bits per heavy atom. The molecule has 0 aliphatic heterocycles. The quantitative estimate of drug-likeness (QED) is 0.125. The van der Waals surface area contributed by atoms with Crippen molar-refractivity contribution in [3.8, 4) is 34.6 Å². The molecule has 49 heavy (non-hydrogen) atoms. The second-order valence-electron chi connectivity index (χ2n) is 12.0. The lowest BCUT2D eigenvalue weighted by atomic mass is 9.91. The molecule has 2 aliphatic carbocycles. The first-order valence-corrected chi connectivity index (χ1v) is 16.6. The Hall–Kier alpha value is -4.87. The number of carboxylic acids is 2. The number of pyridine rings is 2. The van der Waals surface area contributed by atoms with Crippen molar-refractivity contribution >= 4 is 23.5 Å². The highest BCUT2D eigenvalue weighted by atomic mass is 35.5. The van der Waals surface area contributed by atoms with E-state index in [9.17, 15) is 9.59 Å². The number of halogens is 1. The Labute approximate surface area is 289 Å². The van der Waals surface area contributed by atoms with Crippen LogP contribution in [0.5, 0.6) is 23.5 Å². The number of fused-ring (bicyclic) bond motifs is 2. The summed E-state index contributed by atoms with van der Waals surface area (Å²) in [5.41, 5.74) is 8.54. The van der Waals surface area contributed by atoms with Gasteiger partial charge < -0.3 is 34.5 Å². The first kappa shape index (κ1) is 34.0. The van der Waals surface area contributed by atoms with Crippen LogP contribution in [0.15, 0.2) is 54.6 Å². The maximum absolute atomic E-state index is 11.0. The molecular formula is C37H38ClN3O8. The minimum absolute atomic E-state index is 0.0512. The van der Waals surface area contributed by atoms with Crippen LogP contribution in [0.4, 0.5) is 0 Å². The molecular weight excluding hydrogens is 650 g/mol. The lowest BCUT2D eigenvalue weighted by molar-refractivity contribution is -0.137. The summed E-state index contributed by atoms with van der Waals surface area (Å²) in [5.74, 6) is -0.278. The van der Waals surface area contributed by atoms with E-state index in [-0.39, 0.29) is 25.2 Å². The van der Waals surface area contributed by atoms with Crippen LogP contribution in [0.1, 0.15) is 71.3 Å². The number of methoxy groups -OCH3 is 2. The zero-order valence-electron chi connectivity index (χ0n) is 27.3. The Balaban J connectivity index is 1.20. The summed E-state index contributed by atoms with van der Waals surface area (Å²) < 4.78 is 23.8. The van der Waals surface area contributed by atoms with Gasteiger partial charge in [0, 0.05) is 30.2 Å². The van der Waals surface area contributed by atoms with Crippen molar-refractivity contribution in [2.24, 2.45) is 0 Å². The van der Waals surface area contributed by atoms with E-state index in [0.29, 0.717) is 47.9 Å². The van der Waals surface area contributed by atoms with Crippen LogP contribution in [-0.4, -0.2) is 52.9 Å². The second-order valence-corrected chi connectivity index (χ2v) is 12.5. The molecule has 4 aromatic rings. The summed E-state index contributed by atoms with van der Waals surface area (Å²) >= 11 is 6.62. The van der Waals surface area contributed by atoms with Gasteiger partial charge in [-0.1, -0.05) is 48.0 Å². The van der Waals surface area contributed by atoms with Crippen LogP contribution >= 0.6 is 11.6 Å². The van der Waals surface area contributed by atoms with Gasteiger partial charge in [0.15, 0.2) is 0 Å². The van der Waals surface area contributed by atoms with Gasteiger partial charge in [-0.3, -0.25) is 9.59 Å². The Kier molecular flexibility index (Phi) is 10.5.